The van der Waals surface area contributed by atoms with Gasteiger partial charge >= 0.3 is 0 Å². The van der Waals surface area contributed by atoms with Crippen LogP contribution in [0.15, 0.2) is 60.7 Å². The summed E-state index contributed by atoms with van der Waals surface area (Å²) in [6.07, 6.45) is 1.80. The minimum Gasteiger partial charge on any atom is -0.497 e. The predicted molar refractivity (Wildman–Crippen MR) is 107 cm³/mol. The molecule has 3 aromatic rings. The summed E-state index contributed by atoms with van der Waals surface area (Å²) in [6, 6.07) is 20.2. The Morgan fingerprint density at radius 2 is 1.44 bits per heavy atom. The van der Waals surface area contributed by atoms with Gasteiger partial charge in [0.1, 0.15) is 17.6 Å². The number of allylic oxidation sites excluding steroid dienone is 1. The molecular formula is C22H17NO3S. The standard InChI is InChI=1S/C22H17NO3S/c1-25-18-7-3-15(4-8-18)13-17(14-23)20-11-12-21(27-20)22(24)16-5-9-19(26-2)10-6-16/h3-13H,1-2H3/b17-13+. The number of nitrogens with zero attached hydrogens (tertiary/aromatic N) is 1. The molecule has 0 radical (unpaired) electrons. The number of carbonyl (C=O) groups is 1. The molecular weight excluding hydrogens is 358 g/mol. The molecule has 1 heterocycles. The molecule has 0 aliphatic heterocycles. The lowest BCUT2D eigenvalue weighted by atomic mass is 10.1. The van der Waals surface area contributed by atoms with Crippen molar-refractivity contribution in [1.29, 1.82) is 5.26 Å². The summed E-state index contributed by atoms with van der Waals surface area (Å²) in [5.74, 6) is 1.39. The molecule has 0 amide bonds. The molecule has 4 nitrogen and oxygen atoms in total. The molecule has 3 rings (SSSR count). The van der Waals surface area contributed by atoms with Gasteiger partial charge in [-0.15, -0.1) is 11.3 Å². The van der Waals surface area contributed by atoms with Crippen LogP contribution in [-0.2, 0) is 0 Å². The topological polar surface area (TPSA) is 59.3 Å². The van der Waals surface area contributed by atoms with E-state index in [4.69, 9.17) is 9.47 Å². The minimum atomic E-state index is -0.0735. The molecule has 0 saturated carbocycles. The maximum absolute atomic E-state index is 12.7. The lowest BCUT2D eigenvalue weighted by Crippen LogP contribution is -1.98. The first-order valence-electron chi connectivity index (χ1n) is 8.19. The van der Waals surface area contributed by atoms with Crippen LogP contribution in [-0.4, -0.2) is 20.0 Å². The summed E-state index contributed by atoms with van der Waals surface area (Å²) in [5.41, 5.74) is 1.99. The average molecular weight is 375 g/mol. The van der Waals surface area contributed by atoms with Crippen LogP contribution in [0, 0.1) is 11.3 Å². The maximum Gasteiger partial charge on any atom is 0.202 e. The number of hydrogen-bond acceptors (Lipinski definition) is 5. The Bertz CT molecular complexity index is 1010. The van der Waals surface area contributed by atoms with Gasteiger partial charge in [-0.3, -0.25) is 4.79 Å². The fourth-order valence-electron chi connectivity index (χ4n) is 2.51. The van der Waals surface area contributed by atoms with E-state index in [-0.39, 0.29) is 5.78 Å². The van der Waals surface area contributed by atoms with E-state index in [1.54, 1.807) is 56.7 Å². The molecule has 134 valence electrons. The molecule has 0 spiro atoms. The fourth-order valence-corrected chi connectivity index (χ4v) is 3.45. The first-order chi connectivity index (χ1) is 13.1. The summed E-state index contributed by atoms with van der Waals surface area (Å²) >= 11 is 1.31. The molecule has 2 aromatic carbocycles. The van der Waals surface area contributed by atoms with Gasteiger partial charge in [0, 0.05) is 10.4 Å². The molecule has 0 bridgehead atoms. The third kappa shape index (κ3) is 4.25. The van der Waals surface area contributed by atoms with Crippen LogP contribution in [0.5, 0.6) is 11.5 Å². The largest absolute Gasteiger partial charge is 0.497 e. The van der Waals surface area contributed by atoms with Crippen molar-refractivity contribution >= 4 is 28.8 Å². The first kappa shape index (κ1) is 18.4. The van der Waals surface area contributed by atoms with Crippen LogP contribution < -0.4 is 9.47 Å². The van der Waals surface area contributed by atoms with Crippen molar-refractivity contribution in [1.82, 2.24) is 0 Å². The fraction of sp³-hybridized carbons (Fsp3) is 0.0909. The summed E-state index contributed by atoms with van der Waals surface area (Å²) < 4.78 is 10.3. The second-order valence-electron chi connectivity index (χ2n) is 5.66. The number of ketones is 1. The molecule has 27 heavy (non-hydrogen) atoms. The normalized spacial score (nSPS) is 10.9. The van der Waals surface area contributed by atoms with Crippen LogP contribution >= 0.6 is 11.3 Å². The van der Waals surface area contributed by atoms with Crippen molar-refractivity contribution < 1.29 is 14.3 Å². The van der Waals surface area contributed by atoms with E-state index >= 15 is 0 Å². The van der Waals surface area contributed by atoms with Gasteiger partial charge in [0.25, 0.3) is 0 Å². The number of carbonyl (C=O) groups excluding carboxylic acids is 1. The molecule has 0 atom stereocenters. The quantitative estimate of drug-likeness (QED) is 0.446. The van der Waals surface area contributed by atoms with Gasteiger partial charge in [0.05, 0.1) is 24.7 Å². The van der Waals surface area contributed by atoms with Crippen LogP contribution in [0.4, 0.5) is 0 Å². The lowest BCUT2D eigenvalue weighted by molar-refractivity contribution is 0.104. The number of methoxy groups -OCH3 is 2. The molecule has 0 aliphatic rings. The van der Waals surface area contributed by atoms with E-state index in [9.17, 15) is 10.1 Å². The highest BCUT2D eigenvalue weighted by molar-refractivity contribution is 7.15. The Hall–Kier alpha value is -3.36. The van der Waals surface area contributed by atoms with E-state index in [2.05, 4.69) is 6.07 Å². The Morgan fingerprint density at radius 3 is 2.00 bits per heavy atom. The number of nitriles is 1. The van der Waals surface area contributed by atoms with E-state index in [0.717, 1.165) is 16.2 Å². The van der Waals surface area contributed by atoms with Gasteiger partial charge < -0.3 is 9.47 Å². The Morgan fingerprint density at radius 1 is 0.889 bits per heavy atom. The second-order valence-corrected chi connectivity index (χ2v) is 6.75. The van der Waals surface area contributed by atoms with Crippen LogP contribution in [0.25, 0.3) is 11.6 Å². The molecule has 5 heteroatoms. The van der Waals surface area contributed by atoms with E-state index in [0.29, 0.717) is 21.8 Å². The summed E-state index contributed by atoms with van der Waals surface area (Å²) in [6.45, 7) is 0. The third-order valence-corrected chi connectivity index (χ3v) is 5.11. The smallest absolute Gasteiger partial charge is 0.202 e. The second kappa shape index (κ2) is 8.35. The van der Waals surface area contributed by atoms with Crippen molar-refractivity contribution in [3.8, 4) is 17.6 Å². The van der Waals surface area contributed by atoms with Crippen molar-refractivity contribution in [2.24, 2.45) is 0 Å². The molecule has 0 fully saturated rings. The maximum atomic E-state index is 12.7. The number of ether oxygens (including phenoxy) is 2. The van der Waals surface area contributed by atoms with Crippen molar-refractivity contribution in [3.63, 3.8) is 0 Å². The monoisotopic (exact) mass is 375 g/mol. The molecule has 0 aliphatic carbocycles. The highest BCUT2D eigenvalue weighted by atomic mass is 32.1. The number of rotatable bonds is 6. The van der Waals surface area contributed by atoms with E-state index < -0.39 is 0 Å². The van der Waals surface area contributed by atoms with E-state index in [1.165, 1.54) is 11.3 Å². The Labute approximate surface area is 161 Å². The van der Waals surface area contributed by atoms with Gasteiger partial charge in [-0.1, -0.05) is 12.1 Å². The highest BCUT2D eigenvalue weighted by Crippen LogP contribution is 2.28. The molecule has 0 N–H and O–H groups in total. The summed E-state index contributed by atoms with van der Waals surface area (Å²) in [7, 11) is 3.19. The molecule has 0 unspecified atom stereocenters. The van der Waals surface area contributed by atoms with Gasteiger partial charge in [-0.2, -0.15) is 5.26 Å². The average Bonchev–Trinajstić information content (AvgIpc) is 3.22. The number of hydrogen-bond donors (Lipinski definition) is 0. The SMILES string of the molecule is COc1ccc(/C=C(\C#N)c2ccc(C(=O)c3ccc(OC)cc3)s2)cc1. The molecule has 0 saturated heterocycles. The summed E-state index contributed by atoms with van der Waals surface area (Å²) in [5, 5.41) is 9.53. The van der Waals surface area contributed by atoms with Crippen LogP contribution in [0.3, 0.4) is 0 Å². The zero-order chi connectivity index (χ0) is 19.2. The van der Waals surface area contributed by atoms with Crippen LogP contribution in [0.1, 0.15) is 25.7 Å². The van der Waals surface area contributed by atoms with Gasteiger partial charge in [0.2, 0.25) is 5.78 Å². The van der Waals surface area contributed by atoms with Gasteiger partial charge in [-0.05, 0) is 60.2 Å². The van der Waals surface area contributed by atoms with Crippen molar-refractivity contribution in [2.75, 3.05) is 14.2 Å². The minimum absolute atomic E-state index is 0.0735. The Balaban J connectivity index is 1.84. The Kier molecular flexibility index (Phi) is 5.70. The zero-order valence-electron chi connectivity index (χ0n) is 14.9. The van der Waals surface area contributed by atoms with Gasteiger partial charge in [-0.25, -0.2) is 0 Å². The van der Waals surface area contributed by atoms with Gasteiger partial charge in [0.15, 0.2) is 0 Å². The highest BCUT2D eigenvalue weighted by Gasteiger charge is 2.14. The van der Waals surface area contributed by atoms with Crippen molar-refractivity contribution in [3.05, 3.63) is 81.5 Å². The number of benzene rings is 2. The molecule has 1 aromatic heterocycles. The van der Waals surface area contributed by atoms with Crippen LogP contribution in [0.2, 0.25) is 0 Å². The van der Waals surface area contributed by atoms with Crippen molar-refractivity contribution in [2.45, 2.75) is 0 Å². The summed E-state index contributed by atoms with van der Waals surface area (Å²) in [4.78, 5) is 14.0. The number of thiophene rings is 1. The van der Waals surface area contributed by atoms with E-state index in [1.807, 2.05) is 24.3 Å². The third-order valence-electron chi connectivity index (χ3n) is 3.99. The predicted octanol–water partition coefficient (Wildman–Crippen LogP) is 5.06. The lowest BCUT2D eigenvalue weighted by Gasteiger charge is -2.01. The first-order valence-corrected chi connectivity index (χ1v) is 9.01. The zero-order valence-corrected chi connectivity index (χ0v) is 15.7.